The number of ether oxygens (including phenoxy) is 3. The zero-order chi connectivity index (χ0) is 14.7. The number of rotatable bonds is 4. The number of carboxylic acid groups (broad SMARTS) is 1. The average Bonchev–Trinajstić information content (AvgIpc) is 2.95. The second kappa shape index (κ2) is 6.01. The summed E-state index contributed by atoms with van der Waals surface area (Å²) < 4.78 is 17.0. The molecule has 2 heterocycles. The minimum absolute atomic E-state index is 0.188. The second-order valence-electron chi connectivity index (χ2n) is 5.30. The van der Waals surface area contributed by atoms with Crippen LogP contribution in [0.3, 0.4) is 0 Å². The summed E-state index contributed by atoms with van der Waals surface area (Å²) >= 11 is 0. The highest BCUT2D eigenvalue weighted by Crippen LogP contribution is 2.31. The van der Waals surface area contributed by atoms with Gasteiger partial charge in [0.15, 0.2) is 5.79 Å². The lowest BCUT2D eigenvalue weighted by Crippen LogP contribution is -2.46. The molecule has 0 radical (unpaired) electrons. The van der Waals surface area contributed by atoms with Crippen molar-refractivity contribution in [2.75, 3.05) is 33.0 Å². The van der Waals surface area contributed by atoms with E-state index in [0.29, 0.717) is 25.7 Å². The number of aromatic carboxylic acids is 1. The third-order valence-corrected chi connectivity index (χ3v) is 3.95. The Hall–Kier alpha value is -1.63. The number of likely N-dealkylation sites (tertiary alicyclic amines) is 1. The van der Waals surface area contributed by atoms with Crippen LogP contribution in [0.5, 0.6) is 5.75 Å². The smallest absolute Gasteiger partial charge is 0.339 e. The Morgan fingerprint density at radius 2 is 1.90 bits per heavy atom. The molecule has 2 aliphatic heterocycles. The van der Waals surface area contributed by atoms with Gasteiger partial charge in [0.2, 0.25) is 0 Å². The maximum atomic E-state index is 11.1. The summed E-state index contributed by atoms with van der Waals surface area (Å²) in [6.07, 6.45) is 1.63. The van der Waals surface area contributed by atoms with Gasteiger partial charge in [0, 0.05) is 25.9 Å². The van der Waals surface area contributed by atoms with Crippen molar-refractivity contribution >= 4 is 5.97 Å². The van der Waals surface area contributed by atoms with Crippen LogP contribution < -0.4 is 4.74 Å². The van der Waals surface area contributed by atoms with Gasteiger partial charge < -0.3 is 19.3 Å². The second-order valence-corrected chi connectivity index (χ2v) is 5.30. The molecule has 0 bridgehead atoms. The first-order valence-electron chi connectivity index (χ1n) is 7.14. The Kier molecular flexibility index (Phi) is 4.10. The molecule has 1 aromatic rings. The van der Waals surface area contributed by atoms with Gasteiger partial charge in [0.25, 0.3) is 0 Å². The van der Waals surface area contributed by atoms with Gasteiger partial charge in [-0.15, -0.1) is 0 Å². The van der Waals surface area contributed by atoms with E-state index in [2.05, 4.69) is 4.90 Å². The summed E-state index contributed by atoms with van der Waals surface area (Å²) in [6.45, 7) is 3.34. The molecule has 0 amide bonds. The van der Waals surface area contributed by atoms with Gasteiger partial charge in [0.1, 0.15) is 18.0 Å². The monoisotopic (exact) mass is 293 g/mol. The van der Waals surface area contributed by atoms with Crippen LogP contribution in [-0.4, -0.2) is 54.8 Å². The molecule has 21 heavy (non-hydrogen) atoms. The lowest BCUT2D eigenvalue weighted by molar-refractivity contribution is -0.188. The number of para-hydroxylation sites is 1. The zero-order valence-electron chi connectivity index (χ0n) is 11.8. The van der Waals surface area contributed by atoms with Crippen LogP contribution in [0.15, 0.2) is 24.3 Å². The number of benzene rings is 1. The van der Waals surface area contributed by atoms with Crippen LogP contribution in [0.1, 0.15) is 23.2 Å². The Balaban J connectivity index is 1.54. The molecule has 1 N–H and O–H groups in total. The fourth-order valence-corrected chi connectivity index (χ4v) is 2.74. The number of nitrogens with zero attached hydrogens (tertiary/aromatic N) is 1. The fraction of sp³-hybridized carbons (Fsp3) is 0.533. The largest absolute Gasteiger partial charge is 0.478 e. The van der Waals surface area contributed by atoms with Crippen LogP contribution in [0.4, 0.5) is 0 Å². The van der Waals surface area contributed by atoms with Gasteiger partial charge in [-0.25, -0.2) is 4.79 Å². The zero-order valence-corrected chi connectivity index (χ0v) is 11.8. The summed E-state index contributed by atoms with van der Waals surface area (Å²) in [4.78, 5) is 13.2. The van der Waals surface area contributed by atoms with Crippen LogP contribution in [0.2, 0.25) is 0 Å². The summed E-state index contributed by atoms with van der Waals surface area (Å²) in [5.41, 5.74) is 0.188. The normalized spacial score (nSPS) is 21.5. The van der Waals surface area contributed by atoms with Gasteiger partial charge in [-0.1, -0.05) is 12.1 Å². The van der Waals surface area contributed by atoms with Gasteiger partial charge in [-0.2, -0.15) is 0 Å². The number of hydrogen-bond donors (Lipinski definition) is 1. The number of carboxylic acids is 1. The van der Waals surface area contributed by atoms with Gasteiger partial charge in [0.05, 0.1) is 13.2 Å². The third kappa shape index (κ3) is 3.18. The summed E-state index contributed by atoms with van der Waals surface area (Å²) in [6, 6.07) is 6.68. The lowest BCUT2D eigenvalue weighted by atomic mass is 10.0. The number of piperidine rings is 1. The van der Waals surface area contributed by atoms with Crippen molar-refractivity contribution in [3.8, 4) is 5.75 Å². The summed E-state index contributed by atoms with van der Waals surface area (Å²) in [7, 11) is 0. The molecule has 114 valence electrons. The van der Waals surface area contributed by atoms with E-state index in [9.17, 15) is 4.79 Å². The predicted molar refractivity (Wildman–Crippen MR) is 74.3 cm³/mol. The van der Waals surface area contributed by atoms with Crippen molar-refractivity contribution in [2.45, 2.75) is 18.6 Å². The first-order chi connectivity index (χ1) is 10.2. The topological polar surface area (TPSA) is 68.2 Å². The summed E-state index contributed by atoms with van der Waals surface area (Å²) in [5, 5.41) is 9.12. The van der Waals surface area contributed by atoms with E-state index in [0.717, 1.165) is 25.9 Å². The maximum Gasteiger partial charge on any atom is 0.339 e. The predicted octanol–water partition coefficient (Wildman–Crippen LogP) is 1.56. The van der Waals surface area contributed by atoms with Crippen molar-refractivity contribution in [1.29, 1.82) is 0 Å². The molecule has 0 aliphatic carbocycles. The molecule has 0 unspecified atom stereocenters. The Morgan fingerprint density at radius 3 is 2.57 bits per heavy atom. The van der Waals surface area contributed by atoms with Crippen molar-refractivity contribution in [3.63, 3.8) is 0 Å². The van der Waals surface area contributed by atoms with E-state index in [1.54, 1.807) is 24.3 Å². The fourth-order valence-electron chi connectivity index (χ4n) is 2.74. The van der Waals surface area contributed by atoms with E-state index >= 15 is 0 Å². The number of carbonyl (C=O) groups is 1. The SMILES string of the molecule is O=C(O)c1ccccc1OCN1CCC2(CC1)OCCO2. The van der Waals surface area contributed by atoms with E-state index in [-0.39, 0.29) is 5.56 Å². The van der Waals surface area contributed by atoms with Crippen LogP contribution in [0.25, 0.3) is 0 Å². The summed E-state index contributed by atoms with van der Waals surface area (Å²) in [5.74, 6) is -0.968. The van der Waals surface area contributed by atoms with Crippen LogP contribution in [-0.2, 0) is 9.47 Å². The first kappa shape index (κ1) is 14.3. The molecule has 3 rings (SSSR count). The van der Waals surface area contributed by atoms with Crippen LogP contribution in [0, 0.1) is 0 Å². The van der Waals surface area contributed by atoms with Crippen molar-refractivity contribution in [1.82, 2.24) is 4.90 Å². The molecule has 0 saturated carbocycles. The molecule has 2 saturated heterocycles. The van der Waals surface area contributed by atoms with E-state index in [1.807, 2.05) is 0 Å². The van der Waals surface area contributed by atoms with Gasteiger partial charge in [-0.05, 0) is 12.1 Å². The standard InChI is InChI=1S/C15H19NO5/c17-14(18)12-3-1-2-4-13(12)19-11-16-7-5-15(6-8-16)20-9-10-21-15/h1-4H,5-11H2,(H,17,18). The average molecular weight is 293 g/mol. The molecule has 6 heteroatoms. The molecule has 0 atom stereocenters. The maximum absolute atomic E-state index is 11.1. The van der Waals surface area contributed by atoms with E-state index in [1.165, 1.54) is 0 Å². The Morgan fingerprint density at radius 1 is 1.24 bits per heavy atom. The minimum Gasteiger partial charge on any atom is -0.478 e. The minimum atomic E-state index is -0.976. The van der Waals surface area contributed by atoms with Gasteiger partial charge in [-0.3, -0.25) is 4.90 Å². The molecule has 0 aromatic heterocycles. The highest BCUT2D eigenvalue weighted by Gasteiger charge is 2.39. The highest BCUT2D eigenvalue weighted by molar-refractivity contribution is 5.90. The molecule has 2 aliphatic rings. The molecule has 1 aromatic carbocycles. The lowest BCUT2D eigenvalue weighted by Gasteiger charge is -2.37. The Bertz CT molecular complexity index is 503. The molecular formula is C15H19NO5. The van der Waals surface area contributed by atoms with Crippen molar-refractivity contribution < 1.29 is 24.1 Å². The Labute approximate surface area is 123 Å². The van der Waals surface area contributed by atoms with Crippen molar-refractivity contribution in [3.05, 3.63) is 29.8 Å². The number of hydrogen-bond acceptors (Lipinski definition) is 5. The van der Waals surface area contributed by atoms with Gasteiger partial charge >= 0.3 is 5.97 Å². The van der Waals surface area contributed by atoms with E-state index < -0.39 is 11.8 Å². The molecular weight excluding hydrogens is 274 g/mol. The van der Waals surface area contributed by atoms with Crippen LogP contribution >= 0.6 is 0 Å². The van der Waals surface area contributed by atoms with E-state index in [4.69, 9.17) is 19.3 Å². The first-order valence-corrected chi connectivity index (χ1v) is 7.14. The quantitative estimate of drug-likeness (QED) is 0.908. The third-order valence-electron chi connectivity index (χ3n) is 3.95. The highest BCUT2D eigenvalue weighted by atomic mass is 16.7. The van der Waals surface area contributed by atoms with Crippen molar-refractivity contribution in [2.24, 2.45) is 0 Å². The molecule has 6 nitrogen and oxygen atoms in total. The molecule has 2 fully saturated rings. The molecule has 1 spiro atoms.